The van der Waals surface area contributed by atoms with Crippen molar-refractivity contribution in [2.24, 2.45) is 0 Å². The molecule has 5 aromatic heterocycles. The number of pyridine rings is 1. The van der Waals surface area contributed by atoms with Gasteiger partial charge < -0.3 is 9.13 Å². The summed E-state index contributed by atoms with van der Waals surface area (Å²) in [4.78, 5) is 15.0. The number of para-hydroxylation sites is 3. The van der Waals surface area contributed by atoms with Crippen LogP contribution in [0.1, 0.15) is 0 Å². The molecule has 0 aliphatic carbocycles. The summed E-state index contributed by atoms with van der Waals surface area (Å²) >= 11 is 0. The van der Waals surface area contributed by atoms with E-state index in [0.717, 1.165) is 94.2 Å². The van der Waals surface area contributed by atoms with E-state index < -0.39 is 0 Å². The molecule has 15 aromatic rings. The van der Waals surface area contributed by atoms with Crippen molar-refractivity contribution in [3.8, 4) is 50.7 Å². The summed E-state index contributed by atoms with van der Waals surface area (Å²) in [5, 5.41) is 11.7. The third-order valence-corrected chi connectivity index (χ3v) is 14.6. The third kappa shape index (κ3) is 6.11. The highest BCUT2D eigenvalue weighted by Crippen LogP contribution is 2.43. The van der Waals surface area contributed by atoms with Crippen molar-refractivity contribution in [2.75, 3.05) is 0 Å². The van der Waals surface area contributed by atoms with Crippen molar-refractivity contribution >= 4 is 87.0 Å². The Morgan fingerprint density at radius 1 is 0.282 bits per heavy atom. The Morgan fingerprint density at radius 3 is 1.51 bits per heavy atom. The zero-order chi connectivity index (χ0) is 46.6. The van der Waals surface area contributed by atoms with Crippen LogP contribution in [-0.2, 0) is 0 Å². The van der Waals surface area contributed by atoms with Gasteiger partial charge in [-0.1, -0.05) is 146 Å². The van der Waals surface area contributed by atoms with Gasteiger partial charge in [-0.25, -0.2) is 4.98 Å². The summed E-state index contributed by atoms with van der Waals surface area (Å²) in [5.41, 5.74) is 15.2. The van der Waals surface area contributed by atoms with Crippen molar-refractivity contribution in [3.63, 3.8) is 0 Å². The Morgan fingerprint density at radius 2 is 0.845 bits per heavy atom. The topological polar surface area (TPSA) is 53.5 Å². The van der Waals surface area contributed by atoms with Crippen molar-refractivity contribution in [3.05, 3.63) is 243 Å². The van der Waals surface area contributed by atoms with Crippen LogP contribution in [0.3, 0.4) is 0 Å². The molecule has 6 nitrogen and oxygen atoms in total. The summed E-state index contributed by atoms with van der Waals surface area (Å²) in [5.74, 6) is 0.747. The van der Waals surface area contributed by atoms with Gasteiger partial charge in [-0.2, -0.15) is 0 Å². The third-order valence-electron chi connectivity index (χ3n) is 14.6. The molecule has 0 radical (unpaired) electrons. The van der Waals surface area contributed by atoms with Gasteiger partial charge in [0.1, 0.15) is 0 Å². The highest BCUT2D eigenvalue weighted by atomic mass is 15.1. The summed E-state index contributed by atoms with van der Waals surface area (Å²) in [6.07, 6.45) is 7.68. The standard InChI is InChI=1S/C65H40N6/c1-2-16-50(17-3-1)69-61-29-26-47(37-56(61)57-38-66-31-30-62(57)69)58-39-68-63(40-67-58)71-60-21-11-9-19-53(60)55-28-27-54-52-18-8-10-20-59(52)70(64(54)65(55)71)51-35-48(45-24-22-41-12-4-6-14-43(41)32-45)34-49(36-51)46-25-23-42-13-5-7-15-44(42)33-46/h1-40H. The fourth-order valence-electron chi connectivity index (χ4n) is 11.3. The van der Waals surface area contributed by atoms with Gasteiger partial charge in [-0.05, 0) is 117 Å². The molecule has 6 heteroatoms. The number of hydrogen-bond donors (Lipinski definition) is 0. The van der Waals surface area contributed by atoms with Crippen molar-refractivity contribution in [1.29, 1.82) is 0 Å². The Bertz CT molecular complexity index is 4540. The number of fused-ring (bicyclic) bond motifs is 12. The van der Waals surface area contributed by atoms with Gasteiger partial charge in [-0.3, -0.25) is 14.5 Å². The van der Waals surface area contributed by atoms with Gasteiger partial charge >= 0.3 is 0 Å². The molecule has 0 aliphatic rings. The second-order valence-corrected chi connectivity index (χ2v) is 18.5. The summed E-state index contributed by atoms with van der Waals surface area (Å²) in [6.45, 7) is 0. The van der Waals surface area contributed by atoms with Crippen LogP contribution in [0.4, 0.5) is 0 Å². The first kappa shape index (κ1) is 39.4. The number of aromatic nitrogens is 6. The monoisotopic (exact) mass is 904 g/mol. The fraction of sp³-hybridized carbons (Fsp3) is 0. The van der Waals surface area contributed by atoms with Gasteiger partial charge in [0.05, 0.1) is 51.2 Å². The first-order valence-corrected chi connectivity index (χ1v) is 24.1. The summed E-state index contributed by atoms with van der Waals surface area (Å²) in [6, 6.07) is 79.2. The second-order valence-electron chi connectivity index (χ2n) is 18.5. The lowest BCUT2D eigenvalue weighted by Crippen LogP contribution is -2.02. The van der Waals surface area contributed by atoms with E-state index >= 15 is 0 Å². The molecule has 0 bridgehead atoms. The lowest BCUT2D eigenvalue weighted by atomic mass is 9.95. The Hall–Kier alpha value is -9.65. The van der Waals surface area contributed by atoms with Gasteiger partial charge in [-0.15, -0.1) is 0 Å². The molecule has 10 aromatic carbocycles. The van der Waals surface area contributed by atoms with Gasteiger partial charge in [0, 0.05) is 61.6 Å². The van der Waals surface area contributed by atoms with E-state index in [-0.39, 0.29) is 0 Å². The minimum atomic E-state index is 0.747. The molecular weight excluding hydrogens is 865 g/mol. The van der Waals surface area contributed by atoms with Crippen molar-refractivity contribution < 1.29 is 0 Å². The molecule has 5 heterocycles. The minimum absolute atomic E-state index is 0.747. The molecular formula is C65H40N6. The van der Waals surface area contributed by atoms with Gasteiger partial charge in [0.15, 0.2) is 5.82 Å². The maximum Gasteiger partial charge on any atom is 0.156 e. The molecule has 0 atom stereocenters. The van der Waals surface area contributed by atoms with E-state index in [9.17, 15) is 0 Å². The molecule has 0 unspecified atom stereocenters. The zero-order valence-electron chi connectivity index (χ0n) is 38.3. The average molecular weight is 905 g/mol. The average Bonchev–Trinajstić information content (AvgIpc) is 4.09. The normalized spacial score (nSPS) is 11.9. The Labute approximate surface area is 407 Å². The zero-order valence-corrected chi connectivity index (χ0v) is 38.3. The first-order valence-electron chi connectivity index (χ1n) is 24.1. The first-order chi connectivity index (χ1) is 35.2. The van der Waals surface area contributed by atoms with E-state index in [0.29, 0.717) is 0 Å². The van der Waals surface area contributed by atoms with E-state index in [4.69, 9.17) is 9.97 Å². The predicted octanol–water partition coefficient (Wildman–Crippen LogP) is 16.5. The quantitative estimate of drug-likeness (QED) is 0.167. The van der Waals surface area contributed by atoms with Crippen LogP contribution in [-0.4, -0.2) is 28.7 Å². The van der Waals surface area contributed by atoms with E-state index in [1.54, 1.807) is 0 Å². The Balaban J connectivity index is 0.955. The molecule has 0 amide bonds. The van der Waals surface area contributed by atoms with Gasteiger partial charge in [0.2, 0.25) is 0 Å². The van der Waals surface area contributed by atoms with Crippen LogP contribution in [0.15, 0.2) is 243 Å². The van der Waals surface area contributed by atoms with Crippen LogP contribution in [0, 0.1) is 0 Å². The number of nitrogens with zero attached hydrogens (tertiary/aromatic N) is 6. The van der Waals surface area contributed by atoms with Crippen molar-refractivity contribution in [2.45, 2.75) is 0 Å². The highest BCUT2D eigenvalue weighted by Gasteiger charge is 2.23. The molecule has 0 saturated heterocycles. The minimum Gasteiger partial charge on any atom is -0.309 e. The smallest absolute Gasteiger partial charge is 0.156 e. The largest absolute Gasteiger partial charge is 0.309 e. The Kier molecular flexibility index (Phi) is 8.56. The maximum absolute atomic E-state index is 5.29. The van der Waals surface area contributed by atoms with Crippen LogP contribution < -0.4 is 0 Å². The highest BCUT2D eigenvalue weighted by molar-refractivity contribution is 6.24. The predicted molar refractivity (Wildman–Crippen MR) is 294 cm³/mol. The molecule has 0 saturated carbocycles. The van der Waals surface area contributed by atoms with Crippen molar-refractivity contribution in [1.82, 2.24) is 28.7 Å². The molecule has 0 fully saturated rings. The molecule has 0 N–H and O–H groups in total. The van der Waals surface area contributed by atoms with Crippen LogP contribution in [0.2, 0.25) is 0 Å². The number of benzene rings is 10. The SMILES string of the molecule is c1ccc(-n2c3ccncc3c3cc(-c4cnc(-n5c6ccccc6c6ccc7c8ccccc8n(-c8cc(-c9ccc%10ccccc%10c9)cc(-c9ccc%10ccccc%10c9)c8)c7c65)cn4)ccc32)cc1. The van der Waals surface area contributed by atoms with Gasteiger partial charge in [0.25, 0.3) is 0 Å². The van der Waals surface area contributed by atoms with E-state index in [2.05, 4.69) is 237 Å². The summed E-state index contributed by atoms with van der Waals surface area (Å²) in [7, 11) is 0. The van der Waals surface area contributed by atoms with Crippen LogP contribution >= 0.6 is 0 Å². The van der Waals surface area contributed by atoms with E-state index in [1.165, 1.54) is 43.4 Å². The van der Waals surface area contributed by atoms with Crippen LogP contribution in [0.5, 0.6) is 0 Å². The summed E-state index contributed by atoms with van der Waals surface area (Å²) < 4.78 is 7.10. The molecule has 0 spiro atoms. The molecule has 330 valence electrons. The molecule has 71 heavy (non-hydrogen) atoms. The van der Waals surface area contributed by atoms with E-state index in [1.807, 2.05) is 24.8 Å². The van der Waals surface area contributed by atoms with Crippen LogP contribution in [0.25, 0.3) is 138 Å². The maximum atomic E-state index is 5.29. The number of rotatable bonds is 6. The fourth-order valence-corrected chi connectivity index (χ4v) is 11.3. The molecule has 15 rings (SSSR count). The lowest BCUT2D eigenvalue weighted by molar-refractivity contribution is 1.04. The lowest BCUT2D eigenvalue weighted by Gasteiger charge is -2.16. The molecule has 0 aliphatic heterocycles. The second kappa shape index (κ2) is 15.4. The number of hydrogen-bond acceptors (Lipinski definition) is 3.